The number of hydrogen-bond acceptors (Lipinski definition) is 4. The van der Waals surface area contributed by atoms with Crippen LogP contribution in [0.2, 0.25) is 0 Å². The Labute approximate surface area is 172 Å². The Balaban J connectivity index is 2.05. The van der Waals surface area contributed by atoms with E-state index in [0.717, 1.165) is 29.8 Å². The lowest BCUT2D eigenvalue weighted by Crippen LogP contribution is -2.13. The van der Waals surface area contributed by atoms with Crippen molar-refractivity contribution in [1.29, 1.82) is 0 Å². The molecule has 0 bridgehead atoms. The second-order valence-electron chi connectivity index (χ2n) is 6.87. The van der Waals surface area contributed by atoms with Crippen LogP contribution in [0.4, 0.5) is 0 Å². The van der Waals surface area contributed by atoms with E-state index in [-0.39, 0.29) is 6.73 Å². The number of aromatic nitrogens is 1. The molecule has 0 saturated heterocycles. The first kappa shape index (κ1) is 20.7. The molecular formula is C24H28N4O. The summed E-state index contributed by atoms with van der Waals surface area (Å²) in [5, 5.41) is 0. The van der Waals surface area contributed by atoms with Crippen molar-refractivity contribution in [3.05, 3.63) is 82.7 Å². The third-order valence-electron chi connectivity index (χ3n) is 4.94. The van der Waals surface area contributed by atoms with E-state index in [2.05, 4.69) is 64.4 Å². The molecule has 2 heterocycles. The number of nitrogens with two attached hydrogens (primary N) is 2. The van der Waals surface area contributed by atoms with Crippen molar-refractivity contribution in [2.75, 3.05) is 13.3 Å². The molecule has 0 spiro atoms. The number of nitrogens with zero attached hydrogens (tertiary/aromatic N) is 2. The van der Waals surface area contributed by atoms with Gasteiger partial charge in [-0.2, -0.15) is 0 Å². The molecule has 1 aromatic heterocycles. The molecule has 150 valence electrons. The zero-order valence-corrected chi connectivity index (χ0v) is 17.1. The lowest BCUT2D eigenvalue weighted by atomic mass is 9.96. The average Bonchev–Trinajstić information content (AvgIpc) is 3.11. The van der Waals surface area contributed by atoms with E-state index >= 15 is 0 Å². The maximum atomic E-state index is 5.87. The summed E-state index contributed by atoms with van der Waals surface area (Å²) in [6, 6.07) is 4.35. The monoisotopic (exact) mass is 388 g/mol. The molecule has 0 unspecified atom stereocenters. The van der Waals surface area contributed by atoms with Crippen LogP contribution in [0.25, 0.3) is 11.1 Å². The lowest BCUT2D eigenvalue weighted by Gasteiger charge is -2.19. The van der Waals surface area contributed by atoms with Crippen LogP contribution in [0.5, 0.6) is 0 Å². The minimum atomic E-state index is 0.213. The van der Waals surface area contributed by atoms with Gasteiger partial charge in [-0.3, -0.25) is 0 Å². The fourth-order valence-electron chi connectivity index (χ4n) is 3.54. The Bertz CT molecular complexity index is 1020. The summed E-state index contributed by atoms with van der Waals surface area (Å²) in [5.41, 5.74) is 24.2. The van der Waals surface area contributed by atoms with Crippen molar-refractivity contribution in [3.63, 3.8) is 0 Å². The zero-order chi connectivity index (χ0) is 20.6. The number of aliphatic imine (C=N–C) groups is 1. The molecule has 0 aromatic carbocycles. The van der Waals surface area contributed by atoms with E-state index in [9.17, 15) is 0 Å². The second kappa shape index (κ2) is 9.92. The minimum Gasteiger partial charge on any atom is -0.383 e. The normalized spacial score (nSPS) is 16.7. The molecule has 1 aliphatic heterocycles. The standard InChI is InChI=1S/C24H28N4O/c1-3-19(9-7-15-29-17-25)22-13-14-23(21-11-5-4-8-18(21)2)28(22)16-20-10-6-12-24(26)27-20/h3-4,7-9,12-14H,5,11,15-17,25H2,1-2H3,(H2,26,27)/b9-7-,19-3+. The van der Waals surface area contributed by atoms with Crippen LogP contribution in [0, 0.1) is 0 Å². The van der Waals surface area contributed by atoms with E-state index < -0.39 is 0 Å². The van der Waals surface area contributed by atoms with Gasteiger partial charge in [0.2, 0.25) is 0 Å². The fourth-order valence-corrected chi connectivity index (χ4v) is 3.54. The van der Waals surface area contributed by atoms with Gasteiger partial charge in [0.1, 0.15) is 11.5 Å². The van der Waals surface area contributed by atoms with Gasteiger partial charge in [-0.1, -0.05) is 36.1 Å². The van der Waals surface area contributed by atoms with E-state index in [1.54, 1.807) is 6.08 Å². The number of rotatable bonds is 8. The predicted molar refractivity (Wildman–Crippen MR) is 120 cm³/mol. The molecule has 0 amide bonds. The van der Waals surface area contributed by atoms with Crippen molar-refractivity contribution < 1.29 is 4.74 Å². The zero-order valence-electron chi connectivity index (χ0n) is 17.1. The molecule has 29 heavy (non-hydrogen) atoms. The first-order chi connectivity index (χ1) is 14.1. The molecular weight excluding hydrogens is 360 g/mol. The number of amidine groups is 1. The summed E-state index contributed by atoms with van der Waals surface area (Å²) in [6.45, 7) is 5.47. The second-order valence-corrected chi connectivity index (χ2v) is 6.87. The highest BCUT2D eigenvalue weighted by Crippen LogP contribution is 2.32. The van der Waals surface area contributed by atoms with Crippen LogP contribution in [0.3, 0.4) is 0 Å². The molecule has 0 saturated carbocycles. The van der Waals surface area contributed by atoms with Gasteiger partial charge in [-0.15, -0.1) is 0 Å². The molecule has 5 heteroatoms. The van der Waals surface area contributed by atoms with Crippen molar-refractivity contribution in [3.8, 4) is 0 Å². The van der Waals surface area contributed by atoms with E-state index in [0.29, 0.717) is 19.0 Å². The van der Waals surface area contributed by atoms with Crippen LogP contribution in [-0.4, -0.2) is 23.7 Å². The predicted octanol–water partition coefficient (Wildman–Crippen LogP) is 4.07. The SMILES string of the molecule is C/C=C(\C=C/COCN)c1ccc(C2=C(C)C=CCC2)n1CC1=C=C=CC(N)=N1. The third-order valence-corrected chi connectivity index (χ3v) is 4.94. The summed E-state index contributed by atoms with van der Waals surface area (Å²) in [7, 11) is 0. The fraction of sp³-hybridized carbons (Fsp3) is 0.292. The Morgan fingerprint density at radius 3 is 2.97 bits per heavy atom. The average molecular weight is 389 g/mol. The summed E-state index contributed by atoms with van der Waals surface area (Å²) in [4.78, 5) is 4.43. The third kappa shape index (κ3) is 5.05. The van der Waals surface area contributed by atoms with Gasteiger partial charge in [0.15, 0.2) is 0 Å². The number of hydrogen-bond donors (Lipinski definition) is 2. The highest BCUT2D eigenvalue weighted by molar-refractivity contribution is 5.92. The van der Waals surface area contributed by atoms with Gasteiger partial charge in [-0.05, 0) is 61.3 Å². The van der Waals surface area contributed by atoms with Gasteiger partial charge in [-0.25, -0.2) is 4.99 Å². The van der Waals surface area contributed by atoms with Gasteiger partial charge in [0, 0.05) is 17.5 Å². The quantitative estimate of drug-likeness (QED) is 0.305. The molecule has 5 nitrogen and oxygen atoms in total. The van der Waals surface area contributed by atoms with Gasteiger partial charge < -0.3 is 20.8 Å². The first-order valence-electron chi connectivity index (χ1n) is 9.86. The number of ether oxygens (including phenoxy) is 1. The Morgan fingerprint density at radius 1 is 1.38 bits per heavy atom. The number of allylic oxidation sites excluding steroid dienone is 8. The van der Waals surface area contributed by atoms with Crippen molar-refractivity contribution in [1.82, 2.24) is 4.57 Å². The first-order valence-corrected chi connectivity index (χ1v) is 9.86. The highest BCUT2D eigenvalue weighted by Gasteiger charge is 2.17. The Morgan fingerprint density at radius 2 is 2.24 bits per heavy atom. The van der Waals surface area contributed by atoms with Crippen molar-refractivity contribution in [2.24, 2.45) is 16.5 Å². The van der Waals surface area contributed by atoms with Crippen LogP contribution in [-0.2, 0) is 11.3 Å². The maximum Gasteiger partial charge on any atom is 0.132 e. The van der Waals surface area contributed by atoms with Gasteiger partial charge in [0.25, 0.3) is 0 Å². The van der Waals surface area contributed by atoms with Crippen LogP contribution < -0.4 is 11.5 Å². The molecule has 3 rings (SSSR count). The smallest absolute Gasteiger partial charge is 0.132 e. The summed E-state index contributed by atoms with van der Waals surface area (Å²) >= 11 is 0. The van der Waals surface area contributed by atoms with Crippen molar-refractivity contribution in [2.45, 2.75) is 33.2 Å². The van der Waals surface area contributed by atoms with Gasteiger partial charge in [0.05, 0.1) is 19.9 Å². The Kier molecular flexibility index (Phi) is 7.07. The molecule has 0 atom stereocenters. The van der Waals surface area contributed by atoms with Crippen LogP contribution in [0.15, 0.2) is 76.3 Å². The van der Waals surface area contributed by atoms with Crippen LogP contribution >= 0.6 is 0 Å². The minimum absolute atomic E-state index is 0.213. The highest BCUT2D eigenvalue weighted by atomic mass is 16.5. The van der Waals surface area contributed by atoms with E-state index in [1.807, 2.05) is 13.0 Å². The van der Waals surface area contributed by atoms with Crippen LogP contribution in [0.1, 0.15) is 38.1 Å². The molecule has 1 aliphatic carbocycles. The summed E-state index contributed by atoms with van der Waals surface area (Å²) < 4.78 is 7.51. The Hall–Kier alpha value is -3.07. The molecule has 0 fully saturated rings. The van der Waals surface area contributed by atoms with Gasteiger partial charge >= 0.3 is 0 Å². The molecule has 1 aromatic rings. The van der Waals surface area contributed by atoms with E-state index in [4.69, 9.17) is 16.2 Å². The largest absolute Gasteiger partial charge is 0.383 e. The summed E-state index contributed by atoms with van der Waals surface area (Å²) in [6.07, 6.45) is 14.3. The maximum absolute atomic E-state index is 5.87. The molecule has 0 radical (unpaired) electrons. The molecule has 2 aliphatic rings. The topological polar surface area (TPSA) is 78.6 Å². The lowest BCUT2D eigenvalue weighted by molar-refractivity contribution is 0.170. The van der Waals surface area contributed by atoms with E-state index in [1.165, 1.54) is 16.8 Å². The summed E-state index contributed by atoms with van der Waals surface area (Å²) in [5.74, 6) is 0.454. The molecule has 4 N–H and O–H groups in total. The van der Waals surface area contributed by atoms with Crippen molar-refractivity contribution >= 4 is 17.0 Å².